The second-order valence-corrected chi connectivity index (χ2v) is 15.7. The first kappa shape index (κ1) is 29.8. The lowest BCUT2D eigenvalue weighted by atomic mass is 9.76. The lowest BCUT2D eigenvalue weighted by Crippen LogP contribution is -2.30. The van der Waals surface area contributed by atoms with Gasteiger partial charge in [-0.3, -0.25) is 0 Å². The van der Waals surface area contributed by atoms with E-state index in [0.717, 1.165) is 12.8 Å². The van der Waals surface area contributed by atoms with Gasteiger partial charge in [-0.15, -0.1) is 0 Å². The minimum absolute atomic E-state index is 0.192. The molecule has 0 amide bonds. The number of allylic oxidation sites excluding steroid dienone is 16. The first-order valence-electron chi connectivity index (χ1n) is 16.4. The molecule has 0 saturated carbocycles. The Morgan fingerprint density at radius 1 is 0.578 bits per heavy atom. The summed E-state index contributed by atoms with van der Waals surface area (Å²) in [4.78, 5) is 0. The number of hydrogen-bond acceptors (Lipinski definition) is 0. The number of hydrogen-bond donors (Lipinski definition) is 0. The predicted octanol–water partition coefficient (Wildman–Crippen LogP) is 11.0. The van der Waals surface area contributed by atoms with Gasteiger partial charge in [-0.25, -0.2) is 0 Å². The van der Waals surface area contributed by atoms with Crippen LogP contribution >= 0.6 is 11.1 Å². The van der Waals surface area contributed by atoms with Gasteiger partial charge in [0.05, 0.1) is 0 Å². The van der Waals surface area contributed by atoms with Crippen LogP contribution in [0.3, 0.4) is 0 Å². The lowest BCUT2D eigenvalue weighted by molar-refractivity contribution is 0.839. The molecular weight excluding hydrogens is 580 g/mol. The monoisotopic (exact) mass is 619 g/mol. The van der Waals surface area contributed by atoms with Crippen molar-refractivity contribution >= 4 is 24.4 Å². The van der Waals surface area contributed by atoms with Crippen molar-refractivity contribution in [2.24, 2.45) is 0 Å². The van der Waals surface area contributed by atoms with Gasteiger partial charge in [0.2, 0.25) is 0 Å². The second-order valence-electron chi connectivity index (χ2n) is 12.4. The molecule has 0 heterocycles. The Morgan fingerprint density at radius 3 is 1.60 bits per heavy atom. The first-order valence-corrected chi connectivity index (χ1v) is 19.4. The smallest absolute Gasteiger partial charge is 0.163 e. The molecule has 45 heavy (non-hydrogen) atoms. The maximum atomic E-state index is 7.21. The molecule has 3 aromatic carbocycles. The molecule has 223 valence electrons. The Hall–Kier alpha value is -3.91. The average molecular weight is 620 g/mol. The van der Waals surface area contributed by atoms with Crippen LogP contribution in [0.15, 0.2) is 173 Å². The van der Waals surface area contributed by atoms with Crippen molar-refractivity contribution in [2.45, 2.75) is 56.9 Å². The minimum atomic E-state index is -1.27. The Balaban J connectivity index is 1.43. The van der Waals surface area contributed by atoms with Gasteiger partial charge in [-0.1, -0.05) is 171 Å². The molecule has 4 atom stereocenters. The van der Waals surface area contributed by atoms with Crippen molar-refractivity contribution in [1.29, 1.82) is 0 Å². The van der Waals surface area contributed by atoms with Crippen molar-refractivity contribution in [1.82, 2.24) is 0 Å². The summed E-state index contributed by atoms with van der Waals surface area (Å²) >= 11 is 7.21. The summed E-state index contributed by atoms with van der Waals surface area (Å²) in [5, 5.41) is 1.35. The molecule has 4 aliphatic rings. The fourth-order valence-corrected chi connectivity index (χ4v) is 9.43. The number of rotatable bonds is 7. The van der Waals surface area contributed by atoms with E-state index in [0.29, 0.717) is 0 Å². The summed E-state index contributed by atoms with van der Waals surface area (Å²) in [6.45, 7) is 6.88. The van der Waals surface area contributed by atoms with Crippen LogP contribution in [0.5, 0.6) is 0 Å². The molecule has 0 aliphatic heterocycles. The summed E-state index contributed by atoms with van der Waals surface area (Å²) in [6, 6.07) is 28.9. The van der Waals surface area contributed by atoms with Crippen LogP contribution in [0.4, 0.5) is 0 Å². The van der Waals surface area contributed by atoms with E-state index in [4.69, 9.17) is 11.1 Å². The van der Waals surface area contributed by atoms with Crippen molar-refractivity contribution in [3.8, 4) is 0 Å². The van der Waals surface area contributed by atoms with E-state index in [9.17, 15) is 0 Å². The standard InChI is InChI=1S/C43H40ClSi/c1-4-29-27-38-33(31-17-8-6-9-18-31)21-12-14-23-35(38)41(29)37-25-16-26-40(45(3)44)43(37)42-30(5-2)28-39-34(22-13-15-24-36(39)42)32-19-10-7-11-20-32/h6-28,33-34,41-42H,4-5H2,1-3H3. The van der Waals surface area contributed by atoms with E-state index in [1.54, 1.807) is 0 Å². The first-order chi connectivity index (χ1) is 22.1. The molecular formula is C43H40ClSi. The summed E-state index contributed by atoms with van der Waals surface area (Å²) in [7, 11) is -1.27. The molecule has 0 bridgehead atoms. The van der Waals surface area contributed by atoms with Crippen molar-refractivity contribution < 1.29 is 0 Å². The van der Waals surface area contributed by atoms with E-state index < -0.39 is 8.11 Å². The molecule has 0 spiro atoms. The molecule has 0 fully saturated rings. The zero-order chi connectivity index (χ0) is 30.9. The van der Waals surface area contributed by atoms with Gasteiger partial charge in [0.25, 0.3) is 0 Å². The minimum Gasteiger partial charge on any atom is -0.163 e. The van der Waals surface area contributed by atoms with Gasteiger partial charge in [-0.05, 0) is 62.6 Å². The summed E-state index contributed by atoms with van der Waals surface area (Å²) in [5.74, 6) is 0.872. The van der Waals surface area contributed by atoms with Gasteiger partial charge >= 0.3 is 0 Å². The SMILES string of the molecule is CCC1=CC2=C(C=CC=CC2c2ccccc2)C1c1cccc([Si](C)Cl)c1C1C(CC)=CC2=C1C=CC=CC2c1ccccc1. The van der Waals surface area contributed by atoms with Gasteiger partial charge in [0.15, 0.2) is 8.11 Å². The van der Waals surface area contributed by atoms with Crippen LogP contribution in [0.25, 0.3) is 0 Å². The highest BCUT2D eigenvalue weighted by atomic mass is 35.6. The molecule has 3 aromatic rings. The van der Waals surface area contributed by atoms with Crippen LogP contribution in [0.1, 0.15) is 72.6 Å². The third-order valence-electron chi connectivity index (χ3n) is 10.0. The fraction of sp³-hybridized carbons (Fsp3) is 0.209. The predicted molar refractivity (Wildman–Crippen MR) is 195 cm³/mol. The third kappa shape index (κ3) is 5.37. The molecule has 1 radical (unpaired) electrons. The van der Waals surface area contributed by atoms with Crippen LogP contribution in [-0.4, -0.2) is 8.11 Å². The summed E-state index contributed by atoms with van der Waals surface area (Å²) < 4.78 is 0. The van der Waals surface area contributed by atoms with E-state index in [1.165, 1.54) is 60.9 Å². The van der Waals surface area contributed by atoms with E-state index >= 15 is 0 Å². The topological polar surface area (TPSA) is 0 Å². The fourth-order valence-electron chi connectivity index (χ4n) is 7.95. The number of benzene rings is 3. The normalized spacial score (nSPS) is 23.7. The maximum Gasteiger partial charge on any atom is 0.196 e. The van der Waals surface area contributed by atoms with E-state index in [-0.39, 0.29) is 23.7 Å². The highest BCUT2D eigenvalue weighted by Crippen LogP contribution is 2.53. The zero-order valence-electron chi connectivity index (χ0n) is 26.4. The average Bonchev–Trinajstić information content (AvgIpc) is 3.45. The second kappa shape index (κ2) is 12.8. The van der Waals surface area contributed by atoms with E-state index in [1.807, 2.05) is 0 Å². The van der Waals surface area contributed by atoms with Gasteiger partial charge in [-0.2, -0.15) is 11.1 Å². The van der Waals surface area contributed by atoms with Crippen LogP contribution in [0, 0.1) is 0 Å². The number of halogens is 1. The highest BCUT2D eigenvalue weighted by molar-refractivity contribution is 7.13. The Kier molecular flexibility index (Phi) is 8.49. The van der Waals surface area contributed by atoms with Crippen molar-refractivity contribution in [3.05, 3.63) is 195 Å². The Labute approximate surface area is 275 Å². The molecule has 0 aromatic heterocycles. The van der Waals surface area contributed by atoms with E-state index in [2.05, 4.69) is 160 Å². The largest absolute Gasteiger partial charge is 0.196 e. The quantitative estimate of drug-likeness (QED) is 0.182. The Morgan fingerprint density at radius 2 is 1.09 bits per heavy atom. The van der Waals surface area contributed by atoms with Crippen molar-refractivity contribution in [2.75, 3.05) is 0 Å². The molecule has 7 rings (SSSR count). The maximum absolute atomic E-state index is 7.21. The van der Waals surface area contributed by atoms with Gasteiger partial charge < -0.3 is 0 Å². The van der Waals surface area contributed by atoms with Gasteiger partial charge in [0.1, 0.15) is 0 Å². The van der Waals surface area contributed by atoms with Crippen LogP contribution in [-0.2, 0) is 0 Å². The molecule has 0 saturated heterocycles. The van der Waals surface area contributed by atoms with Gasteiger partial charge in [0, 0.05) is 23.7 Å². The zero-order valence-corrected chi connectivity index (χ0v) is 28.1. The molecule has 2 heteroatoms. The molecule has 0 nitrogen and oxygen atoms in total. The van der Waals surface area contributed by atoms with Crippen LogP contribution in [0.2, 0.25) is 6.55 Å². The molecule has 4 aliphatic carbocycles. The Bertz CT molecular complexity index is 1840. The lowest BCUT2D eigenvalue weighted by Gasteiger charge is -2.30. The molecule has 0 N–H and O–H groups in total. The molecule has 4 unspecified atom stereocenters. The van der Waals surface area contributed by atoms with Crippen LogP contribution < -0.4 is 5.19 Å². The third-order valence-corrected chi connectivity index (χ3v) is 11.8. The highest BCUT2D eigenvalue weighted by Gasteiger charge is 2.38. The van der Waals surface area contributed by atoms with Crippen molar-refractivity contribution in [3.63, 3.8) is 0 Å². The summed E-state index contributed by atoms with van der Waals surface area (Å²) in [5.41, 5.74) is 14.2. The summed E-state index contributed by atoms with van der Waals surface area (Å²) in [6.07, 6.45) is 25.5.